The van der Waals surface area contributed by atoms with E-state index in [1.807, 2.05) is 13.8 Å². The van der Waals surface area contributed by atoms with Crippen molar-refractivity contribution in [1.82, 2.24) is 4.90 Å². The zero-order valence-electron chi connectivity index (χ0n) is 8.71. The van der Waals surface area contributed by atoms with Crippen LogP contribution in [0.3, 0.4) is 0 Å². The minimum absolute atomic E-state index is 0.0295. The Morgan fingerprint density at radius 3 is 2.33 bits per heavy atom. The van der Waals surface area contributed by atoms with Crippen LogP contribution in [0.15, 0.2) is 0 Å². The lowest BCUT2D eigenvalue weighted by Crippen LogP contribution is -2.39. The molecule has 1 fully saturated rings. The van der Waals surface area contributed by atoms with Crippen molar-refractivity contribution < 1.29 is 24.5 Å². The van der Waals surface area contributed by atoms with Crippen molar-refractivity contribution in [3.63, 3.8) is 0 Å². The standard InChI is InChI=1S/C9H15NO5/c1-5(2)15-6-3-7(8(11)12)10(4-6)9(13)14/h5-7H,3-4H2,1-2H3,(H,11,12)(H,13,14). The quantitative estimate of drug-likeness (QED) is 0.723. The van der Waals surface area contributed by atoms with Gasteiger partial charge in [0.2, 0.25) is 0 Å². The van der Waals surface area contributed by atoms with Gasteiger partial charge in [-0.3, -0.25) is 4.90 Å². The minimum atomic E-state index is -1.21. The largest absolute Gasteiger partial charge is 0.480 e. The van der Waals surface area contributed by atoms with Gasteiger partial charge in [-0.1, -0.05) is 0 Å². The van der Waals surface area contributed by atoms with Crippen LogP contribution in [0.25, 0.3) is 0 Å². The summed E-state index contributed by atoms with van der Waals surface area (Å²) >= 11 is 0. The van der Waals surface area contributed by atoms with E-state index in [1.165, 1.54) is 0 Å². The van der Waals surface area contributed by atoms with Crippen molar-refractivity contribution in [3.05, 3.63) is 0 Å². The highest BCUT2D eigenvalue weighted by Gasteiger charge is 2.40. The molecule has 0 aromatic heterocycles. The van der Waals surface area contributed by atoms with Gasteiger partial charge in [-0.05, 0) is 13.8 Å². The van der Waals surface area contributed by atoms with Crippen LogP contribution < -0.4 is 0 Å². The molecule has 0 aromatic rings. The summed E-state index contributed by atoms with van der Waals surface area (Å²) in [6.45, 7) is 3.79. The van der Waals surface area contributed by atoms with Crippen LogP contribution in [0.1, 0.15) is 20.3 Å². The van der Waals surface area contributed by atoms with Crippen LogP contribution >= 0.6 is 0 Å². The molecule has 1 rings (SSSR count). The Kier molecular flexibility index (Phi) is 3.52. The number of carbonyl (C=O) groups is 2. The molecule has 86 valence electrons. The molecule has 1 amide bonds. The van der Waals surface area contributed by atoms with E-state index >= 15 is 0 Å². The van der Waals surface area contributed by atoms with Gasteiger partial charge in [0.25, 0.3) is 0 Å². The SMILES string of the molecule is CC(C)OC1CC(C(=O)O)N(C(=O)O)C1. The average Bonchev–Trinajstić information content (AvgIpc) is 2.46. The van der Waals surface area contributed by atoms with Crippen LogP contribution in [0.2, 0.25) is 0 Å². The molecule has 1 aliphatic rings. The maximum absolute atomic E-state index is 10.8. The summed E-state index contributed by atoms with van der Waals surface area (Å²) < 4.78 is 5.40. The average molecular weight is 217 g/mol. The van der Waals surface area contributed by atoms with Crippen molar-refractivity contribution in [3.8, 4) is 0 Å². The zero-order chi connectivity index (χ0) is 11.6. The molecule has 0 bridgehead atoms. The van der Waals surface area contributed by atoms with E-state index in [0.29, 0.717) is 0 Å². The summed E-state index contributed by atoms with van der Waals surface area (Å²) in [6.07, 6.45) is -1.34. The Bertz CT molecular complexity index is 243. The number of nitrogens with zero attached hydrogens (tertiary/aromatic N) is 1. The first-order valence-electron chi connectivity index (χ1n) is 4.79. The molecule has 0 aliphatic carbocycles. The van der Waals surface area contributed by atoms with Gasteiger partial charge >= 0.3 is 12.1 Å². The Morgan fingerprint density at radius 1 is 1.40 bits per heavy atom. The molecule has 2 atom stereocenters. The molecule has 0 radical (unpaired) electrons. The molecule has 0 aromatic carbocycles. The number of likely N-dealkylation sites (tertiary alicyclic amines) is 1. The maximum Gasteiger partial charge on any atom is 0.408 e. The summed E-state index contributed by atoms with van der Waals surface area (Å²) in [5.41, 5.74) is 0. The van der Waals surface area contributed by atoms with E-state index in [2.05, 4.69) is 0 Å². The van der Waals surface area contributed by atoms with Crippen molar-refractivity contribution >= 4 is 12.1 Å². The highest BCUT2D eigenvalue weighted by Crippen LogP contribution is 2.21. The highest BCUT2D eigenvalue weighted by atomic mass is 16.5. The second-order valence-corrected chi connectivity index (χ2v) is 3.83. The van der Waals surface area contributed by atoms with Crippen LogP contribution in [0, 0.1) is 0 Å². The predicted molar refractivity (Wildman–Crippen MR) is 50.8 cm³/mol. The summed E-state index contributed by atoms with van der Waals surface area (Å²) in [5, 5.41) is 17.6. The van der Waals surface area contributed by atoms with Gasteiger partial charge in [0.1, 0.15) is 6.04 Å². The molecule has 6 nitrogen and oxygen atoms in total. The number of hydrogen-bond acceptors (Lipinski definition) is 3. The first-order valence-corrected chi connectivity index (χ1v) is 4.79. The van der Waals surface area contributed by atoms with Crippen molar-refractivity contribution in [2.45, 2.75) is 38.5 Å². The second-order valence-electron chi connectivity index (χ2n) is 3.83. The molecule has 1 saturated heterocycles. The number of aliphatic carboxylic acids is 1. The molecular formula is C9H15NO5. The summed E-state index contributed by atoms with van der Waals surface area (Å²) in [7, 11) is 0. The fourth-order valence-electron chi connectivity index (χ4n) is 1.73. The fraction of sp³-hybridized carbons (Fsp3) is 0.778. The molecule has 2 unspecified atom stereocenters. The van der Waals surface area contributed by atoms with Crippen LogP contribution in [-0.4, -0.2) is 52.0 Å². The van der Waals surface area contributed by atoms with E-state index in [1.54, 1.807) is 0 Å². The molecule has 0 spiro atoms. The summed E-state index contributed by atoms with van der Waals surface area (Å²) in [4.78, 5) is 22.5. The number of rotatable bonds is 3. The summed E-state index contributed by atoms with van der Waals surface area (Å²) in [5.74, 6) is -1.12. The van der Waals surface area contributed by atoms with E-state index in [-0.39, 0.29) is 25.2 Å². The van der Waals surface area contributed by atoms with Gasteiger partial charge < -0.3 is 14.9 Å². The molecule has 1 heterocycles. The topological polar surface area (TPSA) is 87.1 Å². The lowest BCUT2D eigenvalue weighted by atomic mass is 10.2. The third kappa shape index (κ3) is 2.82. The number of hydrogen-bond donors (Lipinski definition) is 2. The molecule has 6 heteroatoms. The Balaban J connectivity index is 2.65. The predicted octanol–water partition coefficient (Wildman–Crippen LogP) is 0.617. The second kappa shape index (κ2) is 4.48. The molecule has 0 saturated carbocycles. The lowest BCUT2D eigenvalue weighted by molar-refractivity contribution is -0.141. The van der Waals surface area contributed by atoms with Crippen LogP contribution in [0.4, 0.5) is 4.79 Å². The van der Waals surface area contributed by atoms with Crippen molar-refractivity contribution in [2.24, 2.45) is 0 Å². The number of ether oxygens (including phenoxy) is 1. The van der Waals surface area contributed by atoms with Gasteiger partial charge in [0, 0.05) is 6.42 Å². The Morgan fingerprint density at radius 2 is 2.00 bits per heavy atom. The Hall–Kier alpha value is -1.30. The van der Waals surface area contributed by atoms with Gasteiger partial charge in [-0.2, -0.15) is 0 Å². The normalized spacial score (nSPS) is 25.9. The third-order valence-electron chi connectivity index (χ3n) is 2.26. The van der Waals surface area contributed by atoms with Crippen LogP contribution in [-0.2, 0) is 9.53 Å². The van der Waals surface area contributed by atoms with Crippen molar-refractivity contribution in [2.75, 3.05) is 6.54 Å². The van der Waals surface area contributed by atoms with Gasteiger partial charge in [0.15, 0.2) is 0 Å². The van der Waals surface area contributed by atoms with Crippen LogP contribution in [0.5, 0.6) is 0 Å². The third-order valence-corrected chi connectivity index (χ3v) is 2.26. The van der Waals surface area contributed by atoms with E-state index in [4.69, 9.17) is 14.9 Å². The van der Waals surface area contributed by atoms with Crippen molar-refractivity contribution in [1.29, 1.82) is 0 Å². The van der Waals surface area contributed by atoms with E-state index in [9.17, 15) is 9.59 Å². The monoisotopic (exact) mass is 217 g/mol. The minimum Gasteiger partial charge on any atom is -0.480 e. The first-order chi connectivity index (χ1) is 6.91. The van der Waals surface area contributed by atoms with Gasteiger partial charge in [0.05, 0.1) is 18.8 Å². The molecule has 15 heavy (non-hydrogen) atoms. The van der Waals surface area contributed by atoms with E-state index in [0.717, 1.165) is 4.90 Å². The first kappa shape index (κ1) is 11.8. The van der Waals surface area contributed by atoms with Gasteiger partial charge in [-0.15, -0.1) is 0 Å². The van der Waals surface area contributed by atoms with Gasteiger partial charge in [-0.25, -0.2) is 9.59 Å². The number of amides is 1. The molecule has 2 N–H and O–H groups in total. The summed E-state index contributed by atoms with van der Waals surface area (Å²) in [6, 6.07) is -0.980. The lowest BCUT2D eigenvalue weighted by Gasteiger charge is -2.17. The smallest absolute Gasteiger partial charge is 0.408 e. The van der Waals surface area contributed by atoms with E-state index < -0.39 is 18.1 Å². The molecule has 1 aliphatic heterocycles. The molecular weight excluding hydrogens is 202 g/mol. The maximum atomic E-state index is 10.8. The number of carboxylic acids is 1. The number of carboxylic acid groups (broad SMARTS) is 2. The fourth-order valence-corrected chi connectivity index (χ4v) is 1.73. The Labute approximate surface area is 87.4 Å². The zero-order valence-corrected chi connectivity index (χ0v) is 8.71. The highest BCUT2D eigenvalue weighted by molar-refractivity contribution is 5.80.